The van der Waals surface area contributed by atoms with Crippen molar-refractivity contribution in [3.8, 4) is 0 Å². The van der Waals surface area contributed by atoms with Crippen molar-refractivity contribution in [1.29, 1.82) is 0 Å². The average molecular weight is 314 g/mol. The van der Waals surface area contributed by atoms with Crippen molar-refractivity contribution in [1.82, 2.24) is 15.3 Å². The normalized spacial score (nSPS) is 9.78. The molecular formula is C15H14N4O4. The first-order chi connectivity index (χ1) is 11.1. The predicted octanol–water partition coefficient (Wildman–Crippen LogP) is 0.632. The van der Waals surface area contributed by atoms with Crippen LogP contribution in [-0.4, -0.2) is 41.4 Å². The number of anilines is 1. The van der Waals surface area contributed by atoms with E-state index in [0.717, 1.165) is 0 Å². The molecule has 2 amide bonds. The number of ether oxygens (including phenoxy) is 1. The molecule has 2 rings (SSSR count). The molecule has 0 atom stereocenters. The Kier molecular flexibility index (Phi) is 5.35. The lowest BCUT2D eigenvalue weighted by atomic mass is 10.2. The number of rotatable bonds is 5. The van der Waals surface area contributed by atoms with Gasteiger partial charge < -0.3 is 15.4 Å². The van der Waals surface area contributed by atoms with Crippen molar-refractivity contribution >= 4 is 23.5 Å². The summed E-state index contributed by atoms with van der Waals surface area (Å²) in [6.07, 6.45) is 4.01. The third kappa shape index (κ3) is 4.60. The van der Waals surface area contributed by atoms with Gasteiger partial charge in [-0.05, 0) is 18.2 Å². The highest BCUT2D eigenvalue weighted by Gasteiger charge is 2.12. The van der Waals surface area contributed by atoms with Gasteiger partial charge in [0.2, 0.25) is 0 Å². The summed E-state index contributed by atoms with van der Waals surface area (Å²) in [5.41, 5.74) is 0.843. The van der Waals surface area contributed by atoms with Gasteiger partial charge in [-0.3, -0.25) is 14.6 Å². The molecule has 0 bridgehead atoms. The SMILES string of the molecule is CNC(=O)c1cccc(NC(=O)COC(=O)c2cnccn2)c1. The topological polar surface area (TPSA) is 110 Å². The molecule has 0 unspecified atom stereocenters. The highest BCUT2D eigenvalue weighted by Crippen LogP contribution is 2.10. The molecule has 0 saturated carbocycles. The van der Waals surface area contributed by atoms with Gasteiger partial charge in [-0.15, -0.1) is 0 Å². The summed E-state index contributed by atoms with van der Waals surface area (Å²) in [6, 6.07) is 6.38. The van der Waals surface area contributed by atoms with Crippen LogP contribution in [-0.2, 0) is 9.53 Å². The van der Waals surface area contributed by atoms with E-state index < -0.39 is 18.5 Å². The molecule has 2 aromatic rings. The molecule has 0 aliphatic heterocycles. The van der Waals surface area contributed by atoms with E-state index in [1.54, 1.807) is 18.2 Å². The van der Waals surface area contributed by atoms with E-state index >= 15 is 0 Å². The molecule has 0 radical (unpaired) electrons. The van der Waals surface area contributed by atoms with E-state index in [9.17, 15) is 14.4 Å². The van der Waals surface area contributed by atoms with Crippen LogP contribution in [0.4, 0.5) is 5.69 Å². The number of carbonyl (C=O) groups excluding carboxylic acids is 3. The summed E-state index contributed by atoms with van der Waals surface area (Å²) in [5, 5.41) is 5.02. The molecule has 8 heteroatoms. The Morgan fingerprint density at radius 2 is 2.04 bits per heavy atom. The number of hydrogen-bond donors (Lipinski definition) is 2. The van der Waals surface area contributed by atoms with Gasteiger partial charge in [-0.1, -0.05) is 6.07 Å². The summed E-state index contributed by atoms with van der Waals surface area (Å²) in [4.78, 5) is 42.4. The fourth-order valence-electron chi connectivity index (χ4n) is 1.69. The monoisotopic (exact) mass is 314 g/mol. The zero-order chi connectivity index (χ0) is 16.7. The molecule has 1 aromatic carbocycles. The van der Waals surface area contributed by atoms with Crippen LogP contribution in [0.3, 0.4) is 0 Å². The van der Waals surface area contributed by atoms with Crippen LogP contribution in [0.2, 0.25) is 0 Å². The van der Waals surface area contributed by atoms with Crippen LogP contribution in [0.1, 0.15) is 20.8 Å². The zero-order valence-corrected chi connectivity index (χ0v) is 12.3. The molecule has 8 nitrogen and oxygen atoms in total. The van der Waals surface area contributed by atoms with Gasteiger partial charge in [-0.25, -0.2) is 9.78 Å². The van der Waals surface area contributed by atoms with Gasteiger partial charge in [0.1, 0.15) is 0 Å². The lowest BCUT2D eigenvalue weighted by molar-refractivity contribution is -0.119. The molecule has 118 valence electrons. The van der Waals surface area contributed by atoms with Crippen molar-refractivity contribution in [2.24, 2.45) is 0 Å². The molecule has 23 heavy (non-hydrogen) atoms. The maximum atomic E-state index is 11.8. The van der Waals surface area contributed by atoms with Gasteiger partial charge in [-0.2, -0.15) is 0 Å². The molecule has 0 aliphatic rings. The maximum Gasteiger partial charge on any atom is 0.359 e. The van der Waals surface area contributed by atoms with E-state index in [0.29, 0.717) is 11.3 Å². The van der Waals surface area contributed by atoms with Gasteiger partial charge >= 0.3 is 5.97 Å². The van der Waals surface area contributed by atoms with Gasteiger partial charge in [0.05, 0.1) is 6.20 Å². The molecule has 2 N–H and O–H groups in total. The number of benzene rings is 1. The molecule has 1 heterocycles. The van der Waals surface area contributed by atoms with Crippen molar-refractivity contribution in [2.45, 2.75) is 0 Å². The Bertz CT molecular complexity index is 718. The van der Waals surface area contributed by atoms with Gasteiger partial charge in [0.25, 0.3) is 11.8 Å². The minimum absolute atomic E-state index is 0.0157. The Labute approximate surface area is 131 Å². The van der Waals surface area contributed by atoms with Crippen molar-refractivity contribution in [3.05, 3.63) is 54.1 Å². The van der Waals surface area contributed by atoms with Crippen molar-refractivity contribution in [2.75, 3.05) is 19.0 Å². The van der Waals surface area contributed by atoms with Crippen molar-refractivity contribution < 1.29 is 19.1 Å². The van der Waals surface area contributed by atoms with E-state index in [4.69, 9.17) is 4.74 Å². The van der Waals surface area contributed by atoms with Crippen LogP contribution >= 0.6 is 0 Å². The second-order valence-corrected chi connectivity index (χ2v) is 4.37. The fourth-order valence-corrected chi connectivity index (χ4v) is 1.69. The summed E-state index contributed by atoms with van der Waals surface area (Å²) >= 11 is 0. The van der Waals surface area contributed by atoms with Crippen LogP contribution < -0.4 is 10.6 Å². The van der Waals surface area contributed by atoms with E-state index in [2.05, 4.69) is 20.6 Å². The lowest BCUT2D eigenvalue weighted by Gasteiger charge is -2.07. The van der Waals surface area contributed by atoms with Gasteiger partial charge in [0, 0.05) is 30.7 Å². The first-order valence-corrected chi connectivity index (χ1v) is 6.65. The number of hydrogen-bond acceptors (Lipinski definition) is 6. The highest BCUT2D eigenvalue weighted by molar-refractivity contribution is 5.98. The minimum Gasteiger partial charge on any atom is -0.451 e. The standard InChI is InChI=1S/C15H14N4O4/c1-16-14(21)10-3-2-4-11(7-10)19-13(20)9-23-15(22)12-8-17-5-6-18-12/h2-8H,9H2,1H3,(H,16,21)(H,19,20). The number of nitrogens with zero attached hydrogens (tertiary/aromatic N) is 2. The summed E-state index contributed by atoms with van der Waals surface area (Å²) in [5.74, 6) is -1.54. The van der Waals surface area contributed by atoms with Crippen LogP contribution in [0.25, 0.3) is 0 Å². The van der Waals surface area contributed by atoms with Crippen LogP contribution in [0.5, 0.6) is 0 Å². The largest absolute Gasteiger partial charge is 0.451 e. The number of amides is 2. The number of esters is 1. The molecule has 0 saturated heterocycles. The first kappa shape index (κ1) is 16.1. The highest BCUT2D eigenvalue weighted by atomic mass is 16.5. The Balaban J connectivity index is 1.90. The third-order valence-electron chi connectivity index (χ3n) is 2.74. The molecule has 1 aromatic heterocycles. The van der Waals surface area contributed by atoms with Crippen LogP contribution in [0.15, 0.2) is 42.9 Å². The lowest BCUT2D eigenvalue weighted by Crippen LogP contribution is -2.22. The number of aromatic nitrogens is 2. The first-order valence-electron chi connectivity index (χ1n) is 6.65. The zero-order valence-electron chi connectivity index (χ0n) is 12.3. The maximum absolute atomic E-state index is 11.8. The second kappa shape index (κ2) is 7.64. The van der Waals surface area contributed by atoms with E-state index in [1.165, 1.54) is 31.7 Å². The minimum atomic E-state index is -0.743. The molecule has 0 fully saturated rings. The number of nitrogens with one attached hydrogen (secondary N) is 2. The third-order valence-corrected chi connectivity index (χ3v) is 2.74. The molecule has 0 spiro atoms. The summed E-state index contributed by atoms with van der Waals surface area (Å²) in [7, 11) is 1.51. The van der Waals surface area contributed by atoms with E-state index in [1.807, 2.05) is 0 Å². The Hall–Kier alpha value is -3.29. The quantitative estimate of drug-likeness (QED) is 0.783. The Morgan fingerprint density at radius 3 is 2.74 bits per heavy atom. The molecule has 0 aliphatic carbocycles. The Morgan fingerprint density at radius 1 is 1.22 bits per heavy atom. The number of carbonyl (C=O) groups is 3. The van der Waals surface area contributed by atoms with Crippen LogP contribution in [0, 0.1) is 0 Å². The molecular weight excluding hydrogens is 300 g/mol. The second-order valence-electron chi connectivity index (χ2n) is 4.37. The van der Waals surface area contributed by atoms with E-state index in [-0.39, 0.29) is 11.6 Å². The van der Waals surface area contributed by atoms with Gasteiger partial charge in [0.15, 0.2) is 12.3 Å². The average Bonchev–Trinajstić information content (AvgIpc) is 2.60. The summed E-state index contributed by atoms with van der Waals surface area (Å²) < 4.78 is 4.83. The van der Waals surface area contributed by atoms with Crippen molar-refractivity contribution in [3.63, 3.8) is 0 Å². The smallest absolute Gasteiger partial charge is 0.359 e. The fraction of sp³-hybridized carbons (Fsp3) is 0.133. The summed E-state index contributed by atoms with van der Waals surface area (Å²) in [6.45, 7) is -0.473. The predicted molar refractivity (Wildman–Crippen MR) is 80.8 cm³/mol.